The van der Waals surface area contributed by atoms with Crippen molar-refractivity contribution in [1.29, 1.82) is 0 Å². The number of likely N-dealkylation sites (tertiary alicyclic amines) is 2. The van der Waals surface area contributed by atoms with E-state index in [1.807, 2.05) is 4.90 Å². The van der Waals surface area contributed by atoms with Gasteiger partial charge in [0.2, 0.25) is 5.91 Å². The Bertz CT molecular complexity index is 481. The molecule has 1 N–H and O–H groups in total. The zero-order valence-electron chi connectivity index (χ0n) is 15.7. The molecule has 3 aliphatic heterocycles. The molecular weight excluding hydrogens is 316 g/mol. The average Bonchev–Trinajstić information content (AvgIpc) is 2.89. The Balaban J connectivity index is 1.30. The lowest BCUT2D eigenvalue weighted by molar-refractivity contribution is -0.138. The van der Waals surface area contributed by atoms with Gasteiger partial charge in [-0.25, -0.2) is 0 Å². The molecule has 0 aromatic heterocycles. The number of aliphatic hydroxyl groups is 1. The number of carbonyl (C=O) groups excluding carboxylic acids is 1. The summed E-state index contributed by atoms with van der Waals surface area (Å²) in [5.74, 6) is 1.08. The van der Waals surface area contributed by atoms with Gasteiger partial charge in [-0.15, -0.1) is 0 Å². The van der Waals surface area contributed by atoms with Gasteiger partial charge in [0, 0.05) is 44.2 Å². The second-order valence-electron chi connectivity index (χ2n) is 8.89. The summed E-state index contributed by atoms with van der Waals surface area (Å²) < 4.78 is 5.47. The molecule has 1 aliphatic carbocycles. The first kappa shape index (κ1) is 17.7. The first-order valence-corrected chi connectivity index (χ1v) is 10.4. The maximum Gasteiger partial charge on any atom is 0.225 e. The van der Waals surface area contributed by atoms with Crippen molar-refractivity contribution in [2.45, 2.75) is 63.5 Å². The van der Waals surface area contributed by atoms with Gasteiger partial charge in [0.05, 0.1) is 5.60 Å². The third kappa shape index (κ3) is 3.35. The molecule has 0 radical (unpaired) electrons. The van der Waals surface area contributed by atoms with Crippen molar-refractivity contribution >= 4 is 5.91 Å². The fraction of sp³-hybridized carbons (Fsp3) is 0.950. The lowest BCUT2D eigenvalue weighted by Gasteiger charge is -2.41. The number of ether oxygens (including phenoxy) is 1. The van der Waals surface area contributed by atoms with Crippen molar-refractivity contribution < 1.29 is 14.6 Å². The fourth-order valence-corrected chi connectivity index (χ4v) is 5.44. The zero-order chi connectivity index (χ0) is 17.4. The van der Waals surface area contributed by atoms with Crippen molar-refractivity contribution in [3.8, 4) is 0 Å². The third-order valence-corrected chi connectivity index (χ3v) is 7.50. The quantitative estimate of drug-likeness (QED) is 0.844. The summed E-state index contributed by atoms with van der Waals surface area (Å²) in [5, 5.41) is 11.1. The highest BCUT2D eigenvalue weighted by molar-refractivity contribution is 5.79. The van der Waals surface area contributed by atoms with Gasteiger partial charge in [0.25, 0.3) is 0 Å². The summed E-state index contributed by atoms with van der Waals surface area (Å²) in [6, 6.07) is 0.653. The van der Waals surface area contributed by atoms with Gasteiger partial charge in [0.1, 0.15) is 0 Å². The highest BCUT2D eigenvalue weighted by atomic mass is 16.5. The van der Waals surface area contributed by atoms with E-state index >= 15 is 0 Å². The summed E-state index contributed by atoms with van der Waals surface area (Å²) in [4.78, 5) is 17.6. The maximum absolute atomic E-state index is 13.0. The minimum Gasteiger partial charge on any atom is -0.387 e. The molecule has 0 aromatic rings. The molecule has 0 aromatic carbocycles. The molecule has 2 atom stereocenters. The van der Waals surface area contributed by atoms with Gasteiger partial charge >= 0.3 is 0 Å². The number of β-amino-alcohol motifs (C(OH)–C–C–N with tert-alkyl or cyclic N) is 1. The molecule has 3 saturated heterocycles. The van der Waals surface area contributed by atoms with Crippen LogP contribution in [0.2, 0.25) is 0 Å². The molecule has 4 fully saturated rings. The zero-order valence-corrected chi connectivity index (χ0v) is 15.7. The topological polar surface area (TPSA) is 53.0 Å². The van der Waals surface area contributed by atoms with Crippen molar-refractivity contribution in [1.82, 2.24) is 9.80 Å². The van der Waals surface area contributed by atoms with Gasteiger partial charge < -0.3 is 19.6 Å². The number of piperidine rings is 1. The summed E-state index contributed by atoms with van der Waals surface area (Å²) in [7, 11) is 0. The van der Waals surface area contributed by atoms with E-state index in [0.717, 1.165) is 71.4 Å². The lowest BCUT2D eigenvalue weighted by atomic mass is 9.69. The molecule has 0 spiro atoms. The minimum absolute atomic E-state index is 0.159. The van der Waals surface area contributed by atoms with Crippen LogP contribution in [-0.4, -0.2) is 71.8 Å². The minimum atomic E-state index is -0.628. The molecule has 25 heavy (non-hydrogen) atoms. The molecular formula is C20H34N2O3. The Morgan fingerprint density at radius 2 is 1.76 bits per heavy atom. The SMILES string of the molecule is C[C@@H]1CN(C(=O)C2CCN(C3CCOCC3)CC2)C[C@@]1(O)C1CCC1. The predicted octanol–water partition coefficient (Wildman–Crippen LogP) is 1.89. The summed E-state index contributed by atoms with van der Waals surface area (Å²) >= 11 is 0. The van der Waals surface area contributed by atoms with Crippen LogP contribution < -0.4 is 0 Å². The molecule has 1 amide bonds. The third-order valence-electron chi connectivity index (χ3n) is 7.50. The highest BCUT2D eigenvalue weighted by Gasteiger charge is 2.51. The van der Waals surface area contributed by atoms with E-state index < -0.39 is 5.60 Å². The van der Waals surface area contributed by atoms with E-state index in [-0.39, 0.29) is 11.8 Å². The van der Waals surface area contributed by atoms with Crippen LogP contribution in [0.3, 0.4) is 0 Å². The van der Waals surface area contributed by atoms with Crippen LogP contribution in [0, 0.1) is 17.8 Å². The Morgan fingerprint density at radius 3 is 2.36 bits per heavy atom. The standard InChI is InChI=1S/C20H34N2O3/c1-15-13-22(14-20(15,24)17-3-2-4-17)19(23)16-5-9-21(10-6-16)18-7-11-25-12-8-18/h15-18,24H,2-14H2,1H3/t15-,20+/m1/s1. The van der Waals surface area contributed by atoms with Crippen molar-refractivity contribution in [2.24, 2.45) is 17.8 Å². The van der Waals surface area contributed by atoms with Crippen molar-refractivity contribution in [3.05, 3.63) is 0 Å². The van der Waals surface area contributed by atoms with Gasteiger partial charge in [-0.2, -0.15) is 0 Å². The maximum atomic E-state index is 13.0. The lowest BCUT2D eigenvalue weighted by Crippen LogP contribution is -2.49. The monoisotopic (exact) mass is 350 g/mol. The molecule has 5 heteroatoms. The smallest absolute Gasteiger partial charge is 0.225 e. The van der Waals surface area contributed by atoms with E-state index in [1.165, 1.54) is 6.42 Å². The largest absolute Gasteiger partial charge is 0.387 e. The Hall–Kier alpha value is -0.650. The van der Waals surface area contributed by atoms with Crippen LogP contribution in [0.1, 0.15) is 51.9 Å². The number of hydrogen-bond donors (Lipinski definition) is 1. The van der Waals surface area contributed by atoms with E-state index in [1.54, 1.807) is 0 Å². The molecule has 4 rings (SSSR count). The fourth-order valence-electron chi connectivity index (χ4n) is 5.44. The molecule has 0 bridgehead atoms. The van der Waals surface area contributed by atoms with Crippen LogP contribution in [-0.2, 0) is 9.53 Å². The molecule has 3 heterocycles. The van der Waals surface area contributed by atoms with Crippen LogP contribution in [0.5, 0.6) is 0 Å². The highest BCUT2D eigenvalue weighted by Crippen LogP contribution is 2.44. The van der Waals surface area contributed by atoms with Gasteiger partial charge in [-0.05, 0) is 57.5 Å². The number of nitrogens with zero attached hydrogens (tertiary/aromatic N) is 2. The molecule has 142 valence electrons. The van der Waals surface area contributed by atoms with E-state index in [0.29, 0.717) is 24.4 Å². The van der Waals surface area contributed by atoms with Crippen LogP contribution in [0.25, 0.3) is 0 Å². The molecule has 0 unspecified atom stereocenters. The summed E-state index contributed by atoms with van der Waals surface area (Å²) in [6.45, 7) is 7.28. The first-order chi connectivity index (χ1) is 12.1. The number of hydrogen-bond acceptors (Lipinski definition) is 4. The Labute approximate surface area is 151 Å². The average molecular weight is 351 g/mol. The summed E-state index contributed by atoms with van der Waals surface area (Å²) in [6.07, 6.45) is 7.72. The van der Waals surface area contributed by atoms with Crippen molar-refractivity contribution in [3.63, 3.8) is 0 Å². The molecule has 4 aliphatic rings. The summed E-state index contributed by atoms with van der Waals surface area (Å²) in [5.41, 5.74) is -0.628. The van der Waals surface area contributed by atoms with E-state index in [4.69, 9.17) is 4.74 Å². The van der Waals surface area contributed by atoms with Crippen LogP contribution >= 0.6 is 0 Å². The molecule has 5 nitrogen and oxygen atoms in total. The van der Waals surface area contributed by atoms with Crippen LogP contribution in [0.4, 0.5) is 0 Å². The predicted molar refractivity (Wildman–Crippen MR) is 96.2 cm³/mol. The number of carbonyl (C=O) groups is 1. The second kappa shape index (κ2) is 7.16. The van der Waals surface area contributed by atoms with Gasteiger partial charge in [-0.1, -0.05) is 13.3 Å². The second-order valence-corrected chi connectivity index (χ2v) is 8.89. The Morgan fingerprint density at radius 1 is 1.08 bits per heavy atom. The van der Waals surface area contributed by atoms with E-state index in [2.05, 4.69) is 11.8 Å². The van der Waals surface area contributed by atoms with Crippen molar-refractivity contribution in [2.75, 3.05) is 39.4 Å². The van der Waals surface area contributed by atoms with Gasteiger partial charge in [-0.3, -0.25) is 4.79 Å². The first-order valence-electron chi connectivity index (χ1n) is 10.4. The number of rotatable bonds is 3. The van der Waals surface area contributed by atoms with Crippen LogP contribution in [0.15, 0.2) is 0 Å². The van der Waals surface area contributed by atoms with E-state index in [9.17, 15) is 9.90 Å². The normalized spacial score (nSPS) is 36.6. The van der Waals surface area contributed by atoms with Gasteiger partial charge in [0.15, 0.2) is 0 Å². The Kier molecular flexibility index (Phi) is 5.09. The molecule has 1 saturated carbocycles. The number of amides is 1.